The first-order valence-electron chi connectivity index (χ1n) is 13.7. The molecule has 0 heterocycles. The second-order valence-electron chi connectivity index (χ2n) is 9.80. The van der Waals surface area contributed by atoms with Crippen LogP contribution in [0.25, 0.3) is 0 Å². The minimum absolute atomic E-state index is 0.112. The van der Waals surface area contributed by atoms with Crippen molar-refractivity contribution in [3.63, 3.8) is 0 Å². The van der Waals surface area contributed by atoms with Crippen molar-refractivity contribution in [3.8, 4) is 0 Å². The lowest BCUT2D eigenvalue weighted by atomic mass is 9.98. The Morgan fingerprint density at radius 3 is 1.20 bits per heavy atom. The maximum absolute atomic E-state index is 10.2. The minimum Gasteiger partial charge on any atom is -0.481 e. The Morgan fingerprint density at radius 2 is 0.977 bits per heavy atom. The van der Waals surface area contributed by atoms with Crippen LogP contribution in [-0.2, 0) is 30.4 Å². The van der Waals surface area contributed by atoms with Gasteiger partial charge in [0.1, 0.15) is 0 Å². The Hall–Kier alpha value is -4.74. The molecule has 0 saturated heterocycles. The Balaban J connectivity index is -0.000000223. The van der Waals surface area contributed by atoms with Crippen LogP contribution < -0.4 is 0 Å². The van der Waals surface area contributed by atoms with E-state index >= 15 is 0 Å². The van der Waals surface area contributed by atoms with Crippen LogP contribution in [0.2, 0.25) is 0 Å². The van der Waals surface area contributed by atoms with Crippen LogP contribution in [0.15, 0.2) is 60.7 Å². The van der Waals surface area contributed by atoms with Gasteiger partial charge >= 0.3 is 29.8 Å². The molecule has 0 aliphatic carbocycles. The second kappa shape index (κ2) is 29.7. The molecule has 12 heteroatoms. The Kier molecular flexibility index (Phi) is 31.2. The van der Waals surface area contributed by atoms with Crippen LogP contribution in [0.3, 0.4) is 0 Å². The van der Waals surface area contributed by atoms with Crippen LogP contribution >= 0.6 is 0 Å². The maximum Gasteiger partial charge on any atom is 0.335 e. The summed E-state index contributed by atoms with van der Waals surface area (Å²) in [5.41, 5.74) is 0.590. The highest BCUT2D eigenvalue weighted by molar-refractivity contribution is 5.87. The van der Waals surface area contributed by atoms with E-state index in [1.54, 1.807) is 63.2 Å². The molecule has 0 bridgehead atoms. The number of carboxylic acids is 6. The van der Waals surface area contributed by atoms with Crippen molar-refractivity contribution in [1.82, 2.24) is 0 Å². The molecule has 0 spiro atoms. The first kappa shape index (κ1) is 46.2. The average molecular weight is 625 g/mol. The molecule has 0 atom stereocenters. The van der Waals surface area contributed by atoms with Gasteiger partial charge in [-0.2, -0.15) is 0 Å². The fourth-order valence-corrected chi connectivity index (χ4v) is 2.09. The van der Waals surface area contributed by atoms with Gasteiger partial charge in [-0.1, -0.05) is 75.2 Å². The zero-order chi connectivity index (χ0) is 35.1. The van der Waals surface area contributed by atoms with Gasteiger partial charge in [-0.3, -0.25) is 24.0 Å². The normalized spacial score (nSPS) is 9.05. The Morgan fingerprint density at radius 1 is 0.591 bits per heavy atom. The van der Waals surface area contributed by atoms with Crippen LogP contribution in [0.5, 0.6) is 0 Å². The summed E-state index contributed by atoms with van der Waals surface area (Å²) in [7, 11) is 0. The van der Waals surface area contributed by atoms with Crippen LogP contribution in [0, 0.1) is 5.41 Å². The van der Waals surface area contributed by atoms with Gasteiger partial charge in [-0.15, -0.1) is 0 Å². The van der Waals surface area contributed by atoms with Gasteiger partial charge in [0.2, 0.25) is 0 Å². The molecule has 0 aromatic heterocycles. The molecule has 6 N–H and O–H groups in total. The van der Waals surface area contributed by atoms with Crippen LogP contribution in [0.4, 0.5) is 0 Å². The van der Waals surface area contributed by atoms with Crippen LogP contribution in [-0.4, -0.2) is 66.5 Å². The zero-order valence-corrected chi connectivity index (χ0v) is 26.4. The van der Waals surface area contributed by atoms with Crippen molar-refractivity contribution >= 4 is 35.8 Å². The molecule has 2 rings (SSSR count). The number of carbonyl (C=O) groups is 6. The maximum atomic E-state index is 10.2. The molecule has 0 amide bonds. The van der Waals surface area contributed by atoms with Gasteiger partial charge in [-0.25, -0.2) is 4.79 Å². The lowest BCUT2D eigenvalue weighted by molar-refractivity contribution is -0.146. The molecule has 0 fully saturated rings. The van der Waals surface area contributed by atoms with Gasteiger partial charge in [0.25, 0.3) is 5.97 Å². The van der Waals surface area contributed by atoms with Crippen molar-refractivity contribution in [1.29, 1.82) is 0 Å². The van der Waals surface area contributed by atoms with Gasteiger partial charge in [-0.05, 0) is 51.3 Å². The summed E-state index contributed by atoms with van der Waals surface area (Å²) in [6.45, 7) is 9.97. The van der Waals surface area contributed by atoms with E-state index in [9.17, 15) is 24.0 Å². The van der Waals surface area contributed by atoms with E-state index in [4.69, 9.17) is 35.4 Å². The van der Waals surface area contributed by atoms with Crippen molar-refractivity contribution in [2.24, 2.45) is 5.41 Å². The van der Waals surface area contributed by atoms with Crippen molar-refractivity contribution in [2.45, 2.75) is 86.5 Å². The molecular formula is C32H48O12. The average Bonchev–Trinajstić information content (AvgIpc) is 2.90. The standard InChI is InChI=1S/C8H8O2.C7H6O2.C6H12O2.C5H10O2.C4H8O2.C2H4O2/c9-8(10)6-7-4-2-1-3-5-7;8-7(9)6-4-2-1-3-5-6;1-2-3-4-5-6(7)8;1-5(2,3)4(6)7;1-2-3-4(5)6;1-2(3)4/h1-5H,6H2,(H,9,10);1-5H,(H,8,9);2-5H2,1H3,(H,7,8);1-3H3,(H,6,7);2-3H2,1H3,(H,5,6);1H3,(H,3,4). The summed E-state index contributed by atoms with van der Waals surface area (Å²) in [4.78, 5) is 58.9. The number of benzene rings is 2. The highest BCUT2D eigenvalue weighted by atomic mass is 16.4. The van der Waals surface area contributed by atoms with Crippen LogP contribution in [0.1, 0.15) is 96.0 Å². The van der Waals surface area contributed by atoms with E-state index in [0.717, 1.165) is 38.2 Å². The van der Waals surface area contributed by atoms with Crippen molar-refractivity contribution in [2.75, 3.05) is 0 Å². The number of aliphatic carboxylic acids is 5. The number of rotatable bonds is 9. The summed E-state index contributed by atoms with van der Waals surface area (Å²) < 4.78 is 0. The highest BCUT2D eigenvalue weighted by Gasteiger charge is 2.18. The van der Waals surface area contributed by atoms with Crippen molar-refractivity contribution < 1.29 is 59.4 Å². The first-order chi connectivity index (χ1) is 20.3. The quantitative estimate of drug-likeness (QED) is 0.166. The van der Waals surface area contributed by atoms with Crippen molar-refractivity contribution in [3.05, 3.63) is 71.8 Å². The highest BCUT2D eigenvalue weighted by Crippen LogP contribution is 2.11. The molecule has 248 valence electrons. The number of hydrogen-bond acceptors (Lipinski definition) is 6. The van der Waals surface area contributed by atoms with E-state index in [0.29, 0.717) is 18.4 Å². The van der Waals surface area contributed by atoms with Gasteiger partial charge in [0.15, 0.2) is 0 Å². The Labute approximate surface area is 259 Å². The van der Waals surface area contributed by atoms with E-state index < -0.39 is 41.2 Å². The third-order valence-corrected chi connectivity index (χ3v) is 4.32. The smallest absolute Gasteiger partial charge is 0.335 e. The van der Waals surface area contributed by atoms with E-state index in [2.05, 4.69) is 6.92 Å². The lowest BCUT2D eigenvalue weighted by Gasteiger charge is -2.08. The molecule has 0 unspecified atom stereocenters. The molecule has 2 aromatic carbocycles. The summed E-state index contributed by atoms with van der Waals surface area (Å²) in [6.07, 6.45) is 4.41. The minimum atomic E-state index is -0.879. The molecule has 0 radical (unpaired) electrons. The number of hydrogen-bond donors (Lipinski definition) is 6. The monoisotopic (exact) mass is 624 g/mol. The largest absolute Gasteiger partial charge is 0.481 e. The third kappa shape index (κ3) is 44.3. The summed E-state index contributed by atoms with van der Waals surface area (Å²) in [5, 5.41) is 48.5. The van der Waals surface area contributed by atoms with Gasteiger partial charge in [0.05, 0.1) is 17.4 Å². The third-order valence-electron chi connectivity index (χ3n) is 4.32. The number of unbranched alkanes of at least 4 members (excludes halogenated alkanes) is 2. The molecular weight excluding hydrogens is 576 g/mol. The van der Waals surface area contributed by atoms with E-state index in [1.807, 2.05) is 25.1 Å². The van der Waals surface area contributed by atoms with E-state index in [-0.39, 0.29) is 6.42 Å². The predicted molar refractivity (Wildman–Crippen MR) is 166 cm³/mol. The lowest BCUT2D eigenvalue weighted by Crippen LogP contribution is -2.18. The summed E-state index contributed by atoms with van der Waals surface area (Å²) in [5.74, 6) is -4.65. The number of aromatic carboxylic acids is 1. The second-order valence-corrected chi connectivity index (χ2v) is 9.80. The Bertz CT molecular complexity index is 1060. The zero-order valence-electron chi connectivity index (χ0n) is 26.4. The first-order valence-corrected chi connectivity index (χ1v) is 13.7. The van der Waals surface area contributed by atoms with Gasteiger partial charge in [0, 0.05) is 19.8 Å². The molecule has 2 aromatic rings. The molecule has 12 nitrogen and oxygen atoms in total. The predicted octanol–water partition coefficient (Wildman–Crippen LogP) is 6.43. The molecule has 44 heavy (non-hydrogen) atoms. The summed E-state index contributed by atoms with van der Waals surface area (Å²) in [6, 6.07) is 17.4. The SMILES string of the molecule is CC(=O)O.CC(C)(C)C(=O)O.CCCC(=O)O.CCCCCC(=O)O.O=C(O)Cc1ccccc1.O=C(O)c1ccccc1. The topological polar surface area (TPSA) is 224 Å². The van der Waals surface area contributed by atoms with E-state index in [1.165, 1.54) is 0 Å². The molecule has 0 saturated carbocycles. The molecule has 0 aliphatic heterocycles. The van der Waals surface area contributed by atoms with Gasteiger partial charge < -0.3 is 30.6 Å². The fraction of sp³-hybridized carbons (Fsp3) is 0.438. The fourth-order valence-electron chi connectivity index (χ4n) is 2.09. The summed E-state index contributed by atoms with van der Waals surface area (Å²) >= 11 is 0. The molecule has 0 aliphatic rings. The number of carboxylic acid groups (broad SMARTS) is 6.